The molecule has 3 rings (SSSR count). The number of aromatic nitrogens is 1. The monoisotopic (exact) mass is 349 g/mol. The summed E-state index contributed by atoms with van der Waals surface area (Å²) in [7, 11) is 1.61. The molecule has 0 saturated heterocycles. The molecule has 3 aromatic rings. The Morgan fingerprint density at radius 2 is 1.81 bits per heavy atom. The highest BCUT2D eigenvalue weighted by atomic mass is 16.5. The van der Waals surface area contributed by atoms with Crippen molar-refractivity contribution in [3.05, 3.63) is 71.7 Å². The van der Waals surface area contributed by atoms with E-state index in [0.29, 0.717) is 17.5 Å². The Morgan fingerprint density at radius 1 is 1.12 bits per heavy atom. The first kappa shape index (κ1) is 17.4. The summed E-state index contributed by atoms with van der Waals surface area (Å²) in [6.07, 6.45) is 0. The van der Waals surface area contributed by atoms with Crippen LogP contribution in [0.5, 0.6) is 11.5 Å². The van der Waals surface area contributed by atoms with Crippen molar-refractivity contribution in [2.75, 3.05) is 12.4 Å². The van der Waals surface area contributed by atoms with E-state index in [0.717, 1.165) is 11.3 Å². The quantitative estimate of drug-likeness (QED) is 0.685. The molecule has 6 nitrogen and oxygen atoms in total. The van der Waals surface area contributed by atoms with E-state index in [9.17, 15) is 5.26 Å². The van der Waals surface area contributed by atoms with Gasteiger partial charge < -0.3 is 19.2 Å². The molecule has 26 heavy (non-hydrogen) atoms. The van der Waals surface area contributed by atoms with Gasteiger partial charge in [0, 0.05) is 0 Å². The van der Waals surface area contributed by atoms with E-state index in [1.807, 2.05) is 43.3 Å². The van der Waals surface area contributed by atoms with Gasteiger partial charge in [0.2, 0.25) is 17.5 Å². The fourth-order valence-corrected chi connectivity index (χ4v) is 2.44. The molecule has 0 amide bonds. The molecule has 2 aromatic carbocycles. The van der Waals surface area contributed by atoms with E-state index in [1.165, 1.54) is 0 Å². The normalized spacial score (nSPS) is 11.4. The summed E-state index contributed by atoms with van der Waals surface area (Å²) in [5.41, 5.74) is 1.30. The van der Waals surface area contributed by atoms with E-state index in [-0.39, 0.29) is 18.3 Å². The minimum atomic E-state index is -0.0217. The highest BCUT2D eigenvalue weighted by Crippen LogP contribution is 2.24. The Hall–Kier alpha value is -3.46. The van der Waals surface area contributed by atoms with Gasteiger partial charge in [0.05, 0.1) is 13.2 Å². The highest BCUT2D eigenvalue weighted by molar-refractivity contribution is 5.47. The highest BCUT2D eigenvalue weighted by Gasteiger charge is 2.16. The van der Waals surface area contributed by atoms with E-state index >= 15 is 0 Å². The summed E-state index contributed by atoms with van der Waals surface area (Å²) in [5, 5.41) is 12.5. The zero-order chi connectivity index (χ0) is 18.4. The number of methoxy groups -OCH3 is 1. The van der Waals surface area contributed by atoms with Crippen molar-refractivity contribution in [3.8, 4) is 17.6 Å². The third kappa shape index (κ3) is 4.14. The van der Waals surface area contributed by atoms with E-state index in [1.54, 1.807) is 31.4 Å². The lowest BCUT2D eigenvalue weighted by molar-refractivity contribution is 0.264. The van der Waals surface area contributed by atoms with Crippen LogP contribution >= 0.6 is 0 Å². The predicted molar refractivity (Wildman–Crippen MR) is 97.0 cm³/mol. The summed E-state index contributed by atoms with van der Waals surface area (Å²) in [6.45, 7) is 2.12. The maximum absolute atomic E-state index is 9.29. The van der Waals surface area contributed by atoms with Crippen molar-refractivity contribution in [2.45, 2.75) is 19.6 Å². The molecule has 0 fully saturated rings. The number of anilines is 1. The minimum Gasteiger partial charge on any atom is -0.497 e. The van der Waals surface area contributed by atoms with Crippen LogP contribution in [-0.4, -0.2) is 12.1 Å². The van der Waals surface area contributed by atoms with E-state index < -0.39 is 0 Å². The largest absolute Gasteiger partial charge is 0.497 e. The Morgan fingerprint density at radius 3 is 2.46 bits per heavy atom. The predicted octanol–water partition coefficient (Wildman–Crippen LogP) is 4.31. The van der Waals surface area contributed by atoms with Crippen LogP contribution in [0.3, 0.4) is 0 Å². The van der Waals surface area contributed by atoms with E-state index in [4.69, 9.17) is 13.9 Å². The molecule has 0 aliphatic carbocycles. The van der Waals surface area contributed by atoms with Gasteiger partial charge in [0.25, 0.3) is 0 Å². The second-order valence-corrected chi connectivity index (χ2v) is 5.64. The molecule has 6 heteroatoms. The Bertz CT molecular complexity index is 883. The lowest BCUT2D eigenvalue weighted by Crippen LogP contribution is -2.06. The summed E-state index contributed by atoms with van der Waals surface area (Å²) < 4.78 is 16.4. The van der Waals surface area contributed by atoms with Gasteiger partial charge in [0.1, 0.15) is 17.6 Å². The fraction of sp³-hybridized carbons (Fsp3) is 0.200. The first-order valence-corrected chi connectivity index (χ1v) is 8.17. The smallest absolute Gasteiger partial charge is 0.236 e. The van der Waals surface area contributed by atoms with Gasteiger partial charge in [0.15, 0.2) is 6.61 Å². The third-order valence-corrected chi connectivity index (χ3v) is 3.85. The summed E-state index contributed by atoms with van der Waals surface area (Å²) >= 11 is 0. The lowest BCUT2D eigenvalue weighted by atomic mass is 10.1. The molecule has 0 radical (unpaired) electrons. The SMILES string of the molecule is COc1ccc(OCc2nc(C#N)c(N[C@@H](C)c3ccccc3)o2)cc1. The number of hydrogen-bond donors (Lipinski definition) is 1. The summed E-state index contributed by atoms with van der Waals surface area (Å²) in [4.78, 5) is 4.18. The zero-order valence-electron chi connectivity index (χ0n) is 14.6. The van der Waals surface area contributed by atoms with Crippen LogP contribution in [0.2, 0.25) is 0 Å². The Kier molecular flexibility index (Phi) is 5.40. The van der Waals surface area contributed by atoms with Crippen LogP contribution < -0.4 is 14.8 Å². The molecule has 0 aliphatic heterocycles. The number of nitrogens with one attached hydrogen (secondary N) is 1. The van der Waals surface area contributed by atoms with Gasteiger partial charge in [-0.25, -0.2) is 0 Å². The number of nitrogens with zero attached hydrogens (tertiary/aromatic N) is 2. The van der Waals surface area contributed by atoms with Gasteiger partial charge in [-0.3, -0.25) is 0 Å². The molecule has 0 unspecified atom stereocenters. The maximum Gasteiger partial charge on any atom is 0.236 e. The molecule has 1 aromatic heterocycles. The van der Waals surface area contributed by atoms with Crippen molar-refractivity contribution in [3.63, 3.8) is 0 Å². The molecule has 0 aliphatic rings. The number of oxazole rings is 1. The van der Waals surface area contributed by atoms with Crippen molar-refractivity contribution < 1.29 is 13.9 Å². The third-order valence-electron chi connectivity index (χ3n) is 3.85. The van der Waals surface area contributed by atoms with Crippen molar-refractivity contribution in [1.29, 1.82) is 5.26 Å². The van der Waals surface area contributed by atoms with Crippen LogP contribution in [-0.2, 0) is 6.61 Å². The molecular weight excluding hydrogens is 330 g/mol. The van der Waals surface area contributed by atoms with Crippen LogP contribution in [0.1, 0.15) is 30.1 Å². The van der Waals surface area contributed by atoms with Crippen molar-refractivity contribution in [1.82, 2.24) is 4.98 Å². The zero-order valence-corrected chi connectivity index (χ0v) is 14.6. The average Bonchev–Trinajstić information content (AvgIpc) is 3.09. The summed E-state index contributed by atoms with van der Waals surface area (Å²) in [5.74, 6) is 2.09. The van der Waals surface area contributed by atoms with Crippen LogP contribution in [0, 0.1) is 11.3 Å². The molecular formula is C20H19N3O3. The molecule has 1 heterocycles. The molecule has 1 N–H and O–H groups in total. The van der Waals surface area contributed by atoms with Gasteiger partial charge in [-0.1, -0.05) is 30.3 Å². The van der Waals surface area contributed by atoms with Gasteiger partial charge in [-0.05, 0) is 36.8 Å². The standard InChI is InChI=1S/C20H19N3O3/c1-14(15-6-4-3-5-7-15)22-20-18(12-21)23-19(26-20)13-25-17-10-8-16(24-2)9-11-17/h3-11,14,22H,13H2,1-2H3/t14-/m0/s1. The van der Waals surface area contributed by atoms with Gasteiger partial charge in [-0.2, -0.15) is 10.2 Å². The Balaban J connectivity index is 1.67. The second kappa shape index (κ2) is 8.08. The number of ether oxygens (including phenoxy) is 2. The number of nitriles is 1. The fourth-order valence-electron chi connectivity index (χ4n) is 2.44. The lowest BCUT2D eigenvalue weighted by Gasteiger charge is -2.13. The first-order chi connectivity index (χ1) is 12.7. The maximum atomic E-state index is 9.29. The Labute approximate surface area is 152 Å². The topological polar surface area (TPSA) is 80.3 Å². The second-order valence-electron chi connectivity index (χ2n) is 5.64. The van der Waals surface area contributed by atoms with E-state index in [2.05, 4.69) is 10.3 Å². The molecule has 1 atom stereocenters. The molecule has 0 spiro atoms. The van der Waals surface area contributed by atoms with Crippen LogP contribution in [0.15, 0.2) is 59.0 Å². The molecule has 0 bridgehead atoms. The minimum absolute atomic E-state index is 0.0217. The average molecular weight is 349 g/mol. The first-order valence-electron chi connectivity index (χ1n) is 8.17. The summed E-state index contributed by atoms with van der Waals surface area (Å²) in [6, 6.07) is 19.1. The van der Waals surface area contributed by atoms with Crippen LogP contribution in [0.25, 0.3) is 0 Å². The van der Waals surface area contributed by atoms with Crippen molar-refractivity contribution in [2.24, 2.45) is 0 Å². The molecule has 0 saturated carbocycles. The number of benzene rings is 2. The molecule has 132 valence electrons. The van der Waals surface area contributed by atoms with Gasteiger partial charge in [-0.15, -0.1) is 0 Å². The van der Waals surface area contributed by atoms with Crippen molar-refractivity contribution >= 4 is 5.88 Å². The van der Waals surface area contributed by atoms with Gasteiger partial charge >= 0.3 is 0 Å². The van der Waals surface area contributed by atoms with Crippen LogP contribution in [0.4, 0.5) is 5.88 Å². The number of rotatable bonds is 7. The number of hydrogen-bond acceptors (Lipinski definition) is 6.